The van der Waals surface area contributed by atoms with Crippen molar-refractivity contribution in [2.45, 2.75) is 38.3 Å². The number of benzene rings is 2. The highest BCUT2D eigenvalue weighted by Crippen LogP contribution is 2.35. The molecule has 1 atom stereocenters. The van der Waals surface area contributed by atoms with Gasteiger partial charge in [-0.25, -0.2) is 4.90 Å². The van der Waals surface area contributed by atoms with Crippen LogP contribution in [0.5, 0.6) is 11.5 Å². The molecule has 31 heavy (non-hydrogen) atoms. The minimum Gasteiger partial charge on any atom is -0.497 e. The lowest BCUT2D eigenvalue weighted by Crippen LogP contribution is -2.46. The Morgan fingerprint density at radius 1 is 0.968 bits per heavy atom. The fraction of sp³-hybridized carbons (Fsp3) is 0.304. The summed E-state index contributed by atoms with van der Waals surface area (Å²) in [5, 5.41) is 0. The van der Waals surface area contributed by atoms with E-state index in [1.807, 2.05) is 0 Å². The Morgan fingerprint density at radius 2 is 1.58 bits per heavy atom. The number of nitrogens with zero attached hydrogens (tertiary/aromatic N) is 2. The Morgan fingerprint density at radius 3 is 2.13 bits per heavy atom. The maximum atomic E-state index is 13.2. The number of hydrogen-bond acceptors (Lipinski definition) is 6. The first-order valence-corrected chi connectivity index (χ1v) is 10.0. The zero-order chi connectivity index (χ0) is 22.1. The molecular formula is C23H22N2O6. The molecule has 0 radical (unpaired) electrons. The van der Waals surface area contributed by atoms with Crippen LogP contribution in [0, 0.1) is 0 Å². The van der Waals surface area contributed by atoms with Crippen molar-refractivity contribution in [1.29, 1.82) is 0 Å². The number of hydrogen-bond donors (Lipinski definition) is 0. The normalized spacial score (nSPS) is 18.1. The Labute approximate surface area is 179 Å². The highest BCUT2D eigenvalue weighted by atomic mass is 16.5. The summed E-state index contributed by atoms with van der Waals surface area (Å²) in [5.74, 6) is -0.588. The standard InChI is InChI=1S/C23H22N2O6/c1-14(26)31-19-11-7-17(8-12-19)25-21(27)13-20(23(25)29)24(16-5-6-16)22(28)15-3-9-18(30-2)10-4-15/h3-4,7-12,16,20H,5-6,13H2,1-2H3. The van der Waals surface area contributed by atoms with E-state index in [0.29, 0.717) is 22.7 Å². The molecule has 1 aliphatic carbocycles. The van der Waals surface area contributed by atoms with Gasteiger partial charge in [0.05, 0.1) is 19.2 Å². The predicted molar refractivity (Wildman–Crippen MR) is 111 cm³/mol. The molecule has 2 fully saturated rings. The van der Waals surface area contributed by atoms with Crippen molar-refractivity contribution >= 4 is 29.4 Å². The van der Waals surface area contributed by atoms with Crippen LogP contribution in [-0.2, 0) is 14.4 Å². The van der Waals surface area contributed by atoms with Crippen molar-refractivity contribution in [2.75, 3.05) is 12.0 Å². The van der Waals surface area contributed by atoms with E-state index < -0.39 is 17.9 Å². The predicted octanol–water partition coefficient (Wildman–Crippen LogP) is 2.56. The highest BCUT2D eigenvalue weighted by Gasteiger charge is 2.48. The third-order valence-corrected chi connectivity index (χ3v) is 5.33. The molecule has 0 aromatic heterocycles. The molecule has 2 aliphatic rings. The lowest BCUT2D eigenvalue weighted by molar-refractivity contribution is -0.132. The summed E-state index contributed by atoms with van der Waals surface area (Å²) < 4.78 is 10.1. The lowest BCUT2D eigenvalue weighted by atomic mass is 10.1. The van der Waals surface area contributed by atoms with E-state index in [-0.39, 0.29) is 24.3 Å². The van der Waals surface area contributed by atoms with Gasteiger partial charge in [0.1, 0.15) is 17.5 Å². The number of amides is 3. The van der Waals surface area contributed by atoms with Crippen LogP contribution in [0.15, 0.2) is 48.5 Å². The first kappa shape index (κ1) is 20.6. The van der Waals surface area contributed by atoms with Crippen LogP contribution in [0.2, 0.25) is 0 Å². The second kappa shape index (κ2) is 8.22. The topological polar surface area (TPSA) is 93.2 Å². The van der Waals surface area contributed by atoms with Crippen LogP contribution in [-0.4, -0.2) is 47.8 Å². The molecule has 4 rings (SSSR count). The van der Waals surface area contributed by atoms with Crippen molar-refractivity contribution in [3.8, 4) is 11.5 Å². The maximum Gasteiger partial charge on any atom is 0.308 e. The van der Waals surface area contributed by atoms with Crippen LogP contribution in [0.4, 0.5) is 5.69 Å². The molecule has 1 aliphatic heterocycles. The average Bonchev–Trinajstić information content (AvgIpc) is 3.54. The molecule has 0 spiro atoms. The van der Waals surface area contributed by atoms with Gasteiger partial charge in [0, 0.05) is 18.5 Å². The van der Waals surface area contributed by atoms with Crippen molar-refractivity contribution < 1.29 is 28.7 Å². The zero-order valence-corrected chi connectivity index (χ0v) is 17.2. The van der Waals surface area contributed by atoms with Crippen LogP contribution in [0.3, 0.4) is 0 Å². The summed E-state index contributed by atoms with van der Waals surface area (Å²) in [7, 11) is 1.55. The second-order valence-corrected chi connectivity index (χ2v) is 7.55. The highest BCUT2D eigenvalue weighted by molar-refractivity contribution is 6.23. The fourth-order valence-electron chi connectivity index (χ4n) is 3.73. The van der Waals surface area contributed by atoms with Crippen molar-refractivity contribution in [3.05, 3.63) is 54.1 Å². The molecule has 3 amide bonds. The average molecular weight is 422 g/mol. The molecule has 1 saturated heterocycles. The Bertz CT molecular complexity index is 1030. The summed E-state index contributed by atoms with van der Waals surface area (Å²) in [6.07, 6.45) is 1.54. The first-order valence-electron chi connectivity index (χ1n) is 10.0. The third kappa shape index (κ3) is 4.14. The van der Waals surface area contributed by atoms with Crippen molar-refractivity contribution in [1.82, 2.24) is 4.90 Å². The largest absolute Gasteiger partial charge is 0.497 e. The summed E-state index contributed by atoms with van der Waals surface area (Å²) in [6.45, 7) is 1.29. The number of imide groups is 1. The molecule has 1 saturated carbocycles. The number of carbonyl (C=O) groups is 4. The summed E-state index contributed by atoms with van der Waals surface area (Å²) >= 11 is 0. The van der Waals surface area contributed by atoms with Gasteiger partial charge in [0.2, 0.25) is 5.91 Å². The SMILES string of the molecule is COc1ccc(C(=O)N(C2CC2)C2CC(=O)N(c3ccc(OC(C)=O)cc3)C2=O)cc1. The van der Waals surface area contributed by atoms with Gasteiger partial charge < -0.3 is 14.4 Å². The fourth-order valence-corrected chi connectivity index (χ4v) is 3.73. The summed E-state index contributed by atoms with van der Waals surface area (Å²) in [6, 6.07) is 11.9. The number of esters is 1. The van der Waals surface area contributed by atoms with E-state index >= 15 is 0 Å². The van der Waals surface area contributed by atoms with E-state index in [4.69, 9.17) is 9.47 Å². The van der Waals surface area contributed by atoms with Crippen LogP contribution in [0.1, 0.15) is 36.5 Å². The Kier molecular flexibility index (Phi) is 5.46. The van der Waals surface area contributed by atoms with Crippen LogP contribution in [0.25, 0.3) is 0 Å². The van der Waals surface area contributed by atoms with Gasteiger partial charge in [0.15, 0.2) is 0 Å². The van der Waals surface area contributed by atoms with Gasteiger partial charge in [-0.05, 0) is 61.4 Å². The third-order valence-electron chi connectivity index (χ3n) is 5.33. The van der Waals surface area contributed by atoms with Gasteiger partial charge in [-0.15, -0.1) is 0 Å². The molecule has 8 nitrogen and oxygen atoms in total. The van der Waals surface area contributed by atoms with Crippen LogP contribution >= 0.6 is 0 Å². The van der Waals surface area contributed by atoms with Gasteiger partial charge in [-0.3, -0.25) is 19.2 Å². The molecular weight excluding hydrogens is 400 g/mol. The van der Waals surface area contributed by atoms with E-state index in [0.717, 1.165) is 17.7 Å². The lowest BCUT2D eigenvalue weighted by Gasteiger charge is -2.27. The summed E-state index contributed by atoms with van der Waals surface area (Å²) in [5.41, 5.74) is 0.818. The second-order valence-electron chi connectivity index (χ2n) is 7.55. The van der Waals surface area contributed by atoms with Gasteiger partial charge in [0.25, 0.3) is 11.8 Å². The maximum absolute atomic E-state index is 13.2. The zero-order valence-electron chi connectivity index (χ0n) is 17.2. The first-order chi connectivity index (χ1) is 14.9. The molecule has 1 unspecified atom stereocenters. The number of methoxy groups -OCH3 is 1. The molecule has 0 bridgehead atoms. The van der Waals surface area contributed by atoms with E-state index in [1.165, 1.54) is 19.1 Å². The Balaban J connectivity index is 1.57. The van der Waals surface area contributed by atoms with Gasteiger partial charge >= 0.3 is 5.97 Å². The number of ether oxygens (including phenoxy) is 2. The molecule has 8 heteroatoms. The number of rotatable bonds is 6. The van der Waals surface area contributed by atoms with E-state index in [1.54, 1.807) is 48.4 Å². The van der Waals surface area contributed by atoms with E-state index in [2.05, 4.69) is 0 Å². The molecule has 0 N–H and O–H groups in total. The molecule has 160 valence electrons. The monoisotopic (exact) mass is 422 g/mol. The summed E-state index contributed by atoms with van der Waals surface area (Å²) in [4.78, 5) is 52.8. The van der Waals surface area contributed by atoms with Gasteiger partial charge in [-0.1, -0.05) is 0 Å². The molecule has 2 aromatic carbocycles. The molecule has 1 heterocycles. The minimum atomic E-state index is -0.845. The van der Waals surface area contributed by atoms with Crippen LogP contribution < -0.4 is 14.4 Å². The Hall–Kier alpha value is -3.68. The quantitative estimate of drug-likeness (QED) is 0.404. The smallest absolute Gasteiger partial charge is 0.308 e. The van der Waals surface area contributed by atoms with Crippen molar-refractivity contribution in [2.24, 2.45) is 0 Å². The number of carbonyl (C=O) groups excluding carboxylic acids is 4. The van der Waals surface area contributed by atoms with Crippen molar-refractivity contribution in [3.63, 3.8) is 0 Å². The van der Waals surface area contributed by atoms with E-state index in [9.17, 15) is 19.2 Å². The minimum absolute atomic E-state index is 0.0531. The molecule has 2 aromatic rings. The number of anilines is 1. The van der Waals surface area contributed by atoms with Gasteiger partial charge in [-0.2, -0.15) is 0 Å².